The van der Waals surface area contributed by atoms with Crippen LogP contribution in [-0.4, -0.2) is 87.5 Å². The molecule has 7 unspecified atom stereocenters. The van der Waals surface area contributed by atoms with Gasteiger partial charge in [-0.2, -0.15) is 0 Å². The minimum Gasteiger partial charge on any atom is -0.394 e. The van der Waals surface area contributed by atoms with E-state index in [1.165, 1.54) is 70.6 Å². The number of allylic oxidation sites excluding steroid dienone is 3. The molecule has 7 atom stereocenters. The van der Waals surface area contributed by atoms with Crippen molar-refractivity contribution in [2.24, 2.45) is 0 Å². The highest BCUT2D eigenvalue weighted by Gasteiger charge is 2.44. The van der Waals surface area contributed by atoms with Crippen LogP contribution in [0.3, 0.4) is 0 Å². The second kappa shape index (κ2) is 28.7. The molecule has 9 heteroatoms. The van der Waals surface area contributed by atoms with E-state index in [4.69, 9.17) is 9.47 Å². The first-order valence-electron chi connectivity index (χ1n) is 18.6. The number of rotatable bonds is 29. The summed E-state index contributed by atoms with van der Waals surface area (Å²) in [7, 11) is 0. The molecule has 6 N–H and O–H groups in total. The van der Waals surface area contributed by atoms with Crippen LogP contribution in [-0.2, 0) is 14.3 Å². The fourth-order valence-electron chi connectivity index (χ4n) is 5.68. The zero-order valence-corrected chi connectivity index (χ0v) is 29.1. The third-order valence-electron chi connectivity index (χ3n) is 8.77. The van der Waals surface area contributed by atoms with Crippen LogP contribution in [0, 0.1) is 0 Å². The van der Waals surface area contributed by atoms with Crippen molar-refractivity contribution in [3.05, 3.63) is 24.3 Å². The summed E-state index contributed by atoms with van der Waals surface area (Å²) in [6, 6.07) is -0.802. The molecule has 0 spiro atoms. The molecule has 0 bridgehead atoms. The molecular formula is C37H69NO8. The molecule has 1 amide bonds. The number of aliphatic hydroxyl groups excluding tert-OH is 5. The van der Waals surface area contributed by atoms with Crippen LogP contribution < -0.4 is 5.32 Å². The van der Waals surface area contributed by atoms with Gasteiger partial charge in [0.1, 0.15) is 24.4 Å². The van der Waals surface area contributed by atoms with Crippen molar-refractivity contribution in [2.75, 3.05) is 13.2 Å². The Balaban J connectivity index is 2.40. The molecule has 1 aliphatic rings. The number of hydrogen-bond acceptors (Lipinski definition) is 8. The van der Waals surface area contributed by atoms with E-state index in [-0.39, 0.29) is 12.5 Å². The lowest BCUT2D eigenvalue weighted by molar-refractivity contribution is -0.302. The molecule has 0 aliphatic carbocycles. The average Bonchev–Trinajstić information content (AvgIpc) is 3.05. The highest BCUT2D eigenvalue weighted by molar-refractivity contribution is 5.76. The van der Waals surface area contributed by atoms with Gasteiger partial charge in [-0.15, -0.1) is 0 Å². The smallest absolute Gasteiger partial charge is 0.220 e. The minimum atomic E-state index is -1.56. The third-order valence-corrected chi connectivity index (χ3v) is 8.77. The predicted octanol–water partition coefficient (Wildman–Crippen LogP) is 5.99. The highest BCUT2D eigenvalue weighted by Crippen LogP contribution is 2.22. The quantitative estimate of drug-likeness (QED) is 0.0425. The maximum Gasteiger partial charge on any atom is 0.220 e. The van der Waals surface area contributed by atoms with Crippen LogP contribution in [0.4, 0.5) is 0 Å². The second-order valence-electron chi connectivity index (χ2n) is 13.0. The van der Waals surface area contributed by atoms with E-state index in [0.29, 0.717) is 6.42 Å². The van der Waals surface area contributed by atoms with Crippen LogP contribution >= 0.6 is 0 Å². The van der Waals surface area contributed by atoms with Gasteiger partial charge in [-0.1, -0.05) is 122 Å². The number of amides is 1. The Bertz CT molecular complexity index is 776. The van der Waals surface area contributed by atoms with Crippen molar-refractivity contribution in [1.82, 2.24) is 5.32 Å². The van der Waals surface area contributed by atoms with Crippen molar-refractivity contribution >= 4 is 5.91 Å². The molecule has 0 radical (unpaired) electrons. The van der Waals surface area contributed by atoms with Gasteiger partial charge in [-0.05, 0) is 44.9 Å². The third kappa shape index (κ3) is 20.1. The van der Waals surface area contributed by atoms with Gasteiger partial charge in [0.05, 0.1) is 25.4 Å². The Labute approximate surface area is 279 Å². The van der Waals surface area contributed by atoms with Crippen molar-refractivity contribution < 1.29 is 39.8 Å². The molecule has 1 heterocycles. The number of ether oxygens (including phenoxy) is 2. The lowest BCUT2D eigenvalue weighted by atomic mass is 9.99. The first-order chi connectivity index (χ1) is 22.3. The van der Waals surface area contributed by atoms with Gasteiger partial charge in [-0.25, -0.2) is 0 Å². The van der Waals surface area contributed by atoms with Gasteiger partial charge in [-0.3, -0.25) is 4.79 Å². The zero-order chi connectivity index (χ0) is 33.8. The summed E-state index contributed by atoms with van der Waals surface area (Å²) in [6.45, 7) is 3.67. The normalized spacial score (nSPS) is 23.3. The molecule has 270 valence electrons. The Morgan fingerprint density at radius 1 is 0.717 bits per heavy atom. The van der Waals surface area contributed by atoms with Crippen LogP contribution in [0.5, 0.6) is 0 Å². The molecule has 1 aliphatic heterocycles. The van der Waals surface area contributed by atoms with Gasteiger partial charge >= 0.3 is 0 Å². The maximum atomic E-state index is 12.8. The summed E-state index contributed by atoms with van der Waals surface area (Å²) in [4.78, 5) is 12.8. The van der Waals surface area contributed by atoms with Crippen molar-refractivity contribution in [1.29, 1.82) is 0 Å². The Kier molecular flexibility index (Phi) is 26.6. The number of nitrogens with one attached hydrogen (secondary N) is 1. The number of hydrogen-bond donors (Lipinski definition) is 6. The van der Waals surface area contributed by atoms with E-state index < -0.39 is 49.5 Å². The molecule has 0 saturated carbocycles. The molecule has 46 heavy (non-hydrogen) atoms. The molecule has 0 aromatic rings. The fraction of sp³-hybridized carbons (Fsp3) is 0.865. The van der Waals surface area contributed by atoms with Gasteiger partial charge in [0.25, 0.3) is 0 Å². The van der Waals surface area contributed by atoms with Crippen molar-refractivity contribution in [3.8, 4) is 0 Å². The number of carbonyl (C=O) groups excluding carboxylic acids is 1. The fourth-order valence-corrected chi connectivity index (χ4v) is 5.68. The molecular weight excluding hydrogens is 586 g/mol. The second-order valence-corrected chi connectivity index (χ2v) is 13.0. The number of aliphatic hydroxyl groups is 5. The summed E-state index contributed by atoms with van der Waals surface area (Å²) < 4.78 is 11.1. The van der Waals surface area contributed by atoms with E-state index in [2.05, 4.69) is 31.3 Å². The van der Waals surface area contributed by atoms with Gasteiger partial charge in [0.15, 0.2) is 6.29 Å². The van der Waals surface area contributed by atoms with E-state index in [9.17, 15) is 30.3 Å². The average molecular weight is 656 g/mol. The van der Waals surface area contributed by atoms with E-state index in [1.54, 1.807) is 6.08 Å². The van der Waals surface area contributed by atoms with Gasteiger partial charge in [0, 0.05) is 6.42 Å². The topological polar surface area (TPSA) is 149 Å². The van der Waals surface area contributed by atoms with E-state index in [1.807, 2.05) is 6.08 Å². The summed E-state index contributed by atoms with van der Waals surface area (Å²) in [5.74, 6) is -0.192. The van der Waals surface area contributed by atoms with Gasteiger partial charge < -0.3 is 40.3 Å². The number of unbranched alkanes of at least 4 members (excludes halogenated alkanes) is 17. The minimum absolute atomic E-state index is 0.192. The Hall–Kier alpha value is -1.33. The number of carbonyl (C=O) groups is 1. The SMILES string of the molecule is CCCCCCC/C=C/C(O)C(COC1OC(CO)C(O)C(O)C1O)NC(=O)CCCCCCC/C=C\CCCCCCCCC. The molecule has 0 aromatic heterocycles. The molecule has 1 rings (SSSR count). The molecule has 1 fully saturated rings. The Morgan fingerprint density at radius 3 is 1.76 bits per heavy atom. The first-order valence-corrected chi connectivity index (χ1v) is 18.6. The monoisotopic (exact) mass is 656 g/mol. The maximum absolute atomic E-state index is 12.8. The van der Waals surface area contributed by atoms with Crippen LogP contribution in [0.2, 0.25) is 0 Å². The molecule has 9 nitrogen and oxygen atoms in total. The van der Waals surface area contributed by atoms with E-state index >= 15 is 0 Å². The zero-order valence-electron chi connectivity index (χ0n) is 29.1. The van der Waals surface area contributed by atoms with Crippen LogP contribution in [0.1, 0.15) is 149 Å². The Morgan fingerprint density at radius 2 is 1.22 bits per heavy atom. The highest BCUT2D eigenvalue weighted by atomic mass is 16.7. The van der Waals surface area contributed by atoms with Crippen molar-refractivity contribution in [3.63, 3.8) is 0 Å². The summed E-state index contributed by atoms with van der Waals surface area (Å²) in [5.41, 5.74) is 0. The standard InChI is InChI=1S/C37H69NO8/c1-3-5-7-9-11-12-13-14-15-16-17-18-19-21-23-25-27-33(41)38-30(31(40)26-24-22-20-10-8-6-4-2)29-45-37-36(44)35(43)34(42)32(28-39)46-37/h15-16,24,26,30-32,34-37,39-40,42-44H,3-14,17-23,25,27-29H2,1-2H3,(H,38,41)/b16-15-,26-24+. The van der Waals surface area contributed by atoms with E-state index in [0.717, 1.165) is 57.8 Å². The van der Waals surface area contributed by atoms with Crippen LogP contribution in [0.15, 0.2) is 24.3 Å². The largest absolute Gasteiger partial charge is 0.394 e. The van der Waals surface area contributed by atoms with Crippen molar-refractivity contribution in [2.45, 2.75) is 192 Å². The molecule has 1 saturated heterocycles. The van der Waals surface area contributed by atoms with Crippen LogP contribution in [0.25, 0.3) is 0 Å². The lowest BCUT2D eigenvalue weighted by Gasteiger charge is -2.40. The summed E-state index contributed by atoms with van der Waals surface area (Å²) >= 11 is 0. The molecule has 0 aromatic carbocycles. The lowest BCUT2D eigenvalue weighted by Crippen LogP contribution is -2.60. The first kappa shape index (κ1) is 42.7. The summed E-state index contributed by atoms with van der Waals surface area (Å²) in [5, 5.41) is 53.6. The van der Waals surface area contributed by atoms with Gasteiger partial charge in [0.2, 0.25) is 5.91 Å². The summed E-state index contributed by atoms with van der Waals surface area (Å²) in [6.07, 6.45) is 23.8. The predicted molar refractivity (Wildman–Crippen MR) is 184 cm³/mol.